The lowest BCUT2D eigenvalue weighted by atomic mass is 10.2. The van der Waals surface area contributed by atoms with Gasteiger partial charge < -0.3 is 29.2 Å². The third-order valence-corrected chi connectivity index (χ3v) is 7.25. The van der Waals surface area contributed by atoms with E-state index in [2.05, 4.69) is 52.5 Å². The molecule has 0 bridgehead atoms. The molecule has 10 nitrogen and oxygen atoms in total. The second-order valence-electron chi connectivity index (χ2n) is 12.1. The number of nitrogens with zero attached hydrogens (tertiary/aromatic N) is 4. The first-order valence-corrected chi connectivity index (χ1v) is 15.1. The zero-order chi connectivity index (χ0) is 31.6. The molecule has 0 unspecified atom stereocenters. The fraction of sp³-hybridized carbons (Fsp3) is 0.467. The number of amides is 2. The molecule has 0 saturated heterocycles. The summed E-state index contributed by atoms with van der Waals surface area (Å²) >= 11 is 7.04. The monoisotopic (exact) mass is 706 g/mol. The Bertz CT molecular complexity index is 1460. The first-order chi connectivity index (χ1) is 19.3. The number of carbonyl (C=O) groups is 2. The molecule has 4 aromatic heterocycles. The highest BCUT2D eigenvalue weighted by molar-refractivity contribution is 9.10. The molecule has 2 atom stereocenters. The Morgan fingerprint density at radius 2 is 1.07 bits per heavy atom. The van der Waals surface area contributed by atoms with Gasteiger partial charge in [-0.3, -0.25) is 0 Å². The highest BCUT2D eigenvalue weighted by Gasteiger charge is 2.22. The number of hydrogen-bond donors (Lipinski definition) is 2. The van der Waals surface area contributed by atoms with Crippen LogP contribution in [0.15, 0.2) is 45.6 Å². The fourth-order valence-corrected chi connectivity index (χ4v) is 5.36. The van der Waals surface area contributed by atoms with E-state index in [1.54, 1.807) is 0 Å². The van der Waals surface area contributed by atoms with Crippen LogP contribution >= 0.6 is 31.9 Å². The van der Waals surface area contributed by atoms with Crippen molar-refractivity contribution < 1.29 is 19.1 Å². The lowest BCUT2D eigenvalue weighted by Gasteiger charge is -2.22. The molecule has 2 amide bonds. The summed E-state index contributed by atoms with van der Waals surface area (Å²) < 4.78 is 16.3. The van der Waals surface area contributed by atoms with Crippen molar-refractivity contribution in [2.24, 2.45) is 14.1 Å². The number of hydrogen-bond acceptors (Lipinski definition) is 6. The van der Waals surface area contributed by atoms with Crippen LogP contribution in [0, 0.1) is 0 Å². The van der Waals surface area contributed by atoms with Crippen LogP contribution in [0.4, 0.5) is 9.59 Å². The Morgan fingerprint density at radius 3 is 1.38 bits per heavy atom. The first-order valence-electron chi connectivity index (χ1n) is 13.6. The Kier molecular flexibility index (Phi) is 10.4. The maximum Gasteiger partial charge on any atom is 0.408 e. The summed E-state index contributed by atoms with van der Waals surface area (Å²) in [7, 11) is 3.94. The van der Waals surface area contributed by atoms with Gasteiger partial charge >= 0.3 is 12.2 Å². The van der Waals surface area contributed by atoms with Crippen molar-refractivity contribution in [3.8, 4) is 0 Å². The minimum Gasteiger partial charge on any atom is -0.444 e. The second-order valence-corrected chi connectivity index (χ2v) is 13.8. The van der Waals surface area contributed by atoms with Gasteiger partial charge in [0.05, 0.1) is 45.5 Å². The zero-order valence-electron chi connectivity index (χ0n) is 25.8. The van der Waals surface area contributed by atoms with Crippen molar-refractivity contribution in [1.82, 2.24) is 29.7 Å². The molecule has 2 N–H and O–H groups in total. The summed E-state index contributed by atoms with van der Waals surface area (Å²) in [6.45, 7) is 14.8. The van der Waals surface area contributed by atoms with Crippen LogP contribution < -0.4 is 10.6 Å². The molecule has 0 aliphatic rings. The number of carbonyl (C=O) groups excluding carboxylic acids is 2. The number of pyridine rings is 2. The van der Waals surface area contributed by atoms with E-state index in [0.29, 0.717) is 0 Å². The highest BCUT2D eigenvalue weighted by Crippen LogP contribution is 2.28. The van der Waals surface area contributed by atoms with Crippen molar-refractivity contribution >= 4 is 66.1 Å². The predicted octanol–water partition coefficient (Wildman–Crippen LogP) is 7.84. The average molecular weight is 708 g/mol. The molecule has 228 valence electrons. The van der Waals surface area contributed by atoms with E-state index in [1.165, 1.54) is 0 Å². The van der Waals surface area contributed by atoms with Gasteiger partial charge in [-0.15, -0.1) is 0 Å². The lowest BCUT2D eigenvalue weighted by Crippen LogP contribution is -2.34. The van der Waals surface area contributed by atoms with Crippen LogP contribution in [0.1, 0.15) is 78.9 Å². The largest absolute Gasteiger partial charge is 0.444 e. The van der Waals surface area contributed by atoms with Gasteiger partial charge in [-0.1, -0.05) is 0 Å². The molecule has 12 heteroatoms. The number of aryl methyl sites for hydroxylation is 2. The van der Waals surface area contributed by atoms with E-state index in [0.717, 1.165) is 42.4 Å². The van der Waals surface area contributed by atoms with Gasteiger partial charge in [0.15, 0.2) is 0 Å². The molecular weight excluding hydrogens is 668 g/mol. The van der Waals surface area contributed by atoms with Gasteiger partial charge in [-0.25, -0.2) is 19.6 Å². The lowest BCUT2D eigenvalue weighted by molar-refractivity contribution is 0.0495. The van der Waals surface area contributed by atoms with E-state index in [4.69, 9.17) is 9.47 Å². The molecule has 4 rings (SSSR count). The summed E-state index contributed by atoms with van der Waals surface area (Å²) in [5.74, 6) is 0. The molecule has 0 aromatic carbocycles. The molecule has 4 heterocycles. The maximum absolute atomic E-state index is 11.8. The Balaban J connectivity index is 0.000000230. The van der Waals surface area contributed by atoms with Gasteiger partial charge in [-0.05, 0) is 112 Å². The van der Waals surface area contributed by atoms with Gasteiger partial charge in [0.1, 0.15) is 11.2 Å². The number of nitrogens with one attached hydrogen (secondary N) is 2. The topological polar surface area (TPSA) is 112 Å². The standard InChI is InChI=1S/2C15H20BrN3O2/c2*1-9(17-14(20)21-15(2,3)4)13-10(16)8-12-11(18-13)6-7-19(12)5/h2*6-9H,1-5H3,(H,17,20)/t2*9-/m10/s1. The normalized spacial score (nSPS) is 13.2. The molecule has 0 aliphatic heterocycles. The highest BCUT2D eigenvalue weighted by atomic mass is 79.9. The van der Waals surface area contributed by atoms with Crippen molar-refractivity contribution in [3.05, 3.63) is 57.0 Å². The van der Waals surface area contributed by atoms with Gasteiger partial charge in [-0.2, -0.15) is 0 Å². The quantitative estimate of drug-likeness (QED) is 0.224. The van der Waals surface area contributed by atoms with Crippen molar-refractivity contribution in [1.29, 1.82) is 0 Å². The number of halogens is 2. The second kappa shape index (κ2) is 13.0. The van der Waals surface area contributed by atoms with Crippen LogP contribution in [0.25, 0.3) is 22.1 Å². The molecule has 42 heavy (non-hydrogen) atoms. The van der Waals surface area contributed by atoms with E-state index < -0.39 is 23.4 Å². The molecule has 0 aliphatic carbocycles. The minimum atomic E-state index is -0.516. The van der Waals surface area contributed by atoms with Gasteiger partial charge in [0, 0.05) is 35.4 Å². The summed E-state index contributed by atoms with van der Waals surface area (Å²) in [6.07, 6.45) is 3.02. The van der Waals surface area contributed by atoms with Crippen LogP contribution in [0.5, 0.6) is 0 Å². The molecule has 0 saturated carbocycles. The van der Waals surface area contributed by atoms with E-state index in [9.17, 15) is 9.59 Å². The Morgan fingerprint density at radius 1 is 0.738 bits per heavy atom. The van der Waals surface area contributed by atoms with E-state index >= 15 is 0 Å². The van der Waals surface area contributed by atoms with Crippen molar-refractivity contribution in [2.75, 3.05) is 0 Å². The summed E-state index contributed by atoms with van der Waals surface area (Å²) in [4.78, 5) is 32.9. The molecule has 4 aromatic rings. The predicted molar refractivity (Wildman–Crippen MR) is 172 cm³/mol. The molecular formula is C30H40Br2N6O4. The number of aromatic nitrogens is 4. The third kappa shape index (κ3) is 8.94. The fourth-order valence-electron chi connectivity index (χ4n) is 4.07. The molecule has 0 fully saturated rings. The number of alkyl carbamates (subject to hydrolysis) is 2. The number of fused-ring (bicyclic) bond motifs is 2. The Hall–Kier alpha value is -3.12. The zero-order valence-corrected chi connectivity index (χ0v) is 29.0. The van der Waals surface area contributed by atoms with Crippen LogP contribution in [0.2, 0.25) is 0 Å². The van der Waals surface area contributed by atoms with E-state index in [1.807, 2.05) is 115 Å². The SMILES string of the molecule is C[C@@H](NC(=O)OC(C)(C)C)c1nc2ccn(C)c2cc1Br.C[C@H](NC(=O)OC(C)(C)C)c1nc2ccn(C)c2cc1Br. The van der Waals surface area contributed by atoms with Gasteiger partial charge in [0.2, 0.25) is 0 Å². The summed E-state index contributed by atoms with van der Waals surface area (Å²) in [6, 6.07) is 7.41. The molecule has 0 radical (unpaired) electrons. The molecule has 0 spiro atoms. The summed E-state index contributed by atoms with van der Waals surface area (Å²) in [5.41, 5.74) is 4.39. The summed E-state index contributed by atoms with van der Waals surface area (Å²) in [5, 5.41) is 5.61. The van der Waals surface area contributed by atoms with Crippen LogP contribution in [0.3, 0.4) is 0 Å². The van der Waals surface area contributed by atoms with Crippen molar-refractivity contribution in [2.45, 2.75) is 78.7 Å². The van der Waals surface area contributed by atoms with Gasteiger partial charge in [0.25, 0.3) is 0 Å². The number of rotatable bonds is 4. The van der Waals surface area contributed by atoms with Crippen LogP contribution in [-0.4, -0.2) is 42.5 Å². The first kappa shape index (κ1) is 33.4. The Labute approximate surface area is 263 Å². The third-order valence-electron chi connectivity index (χ3n) is 5.98. The van der Waals surface area contributed by atoms with Crippen molar-refractivity contribution in [3.63, 3.8) is 0 Å². The number of ether oxygens (including phenoxy) is 2. The minimum absolute atomic E-state index is 0.251. The maximum atomic E-state index is 11.8. The van der Waals surface area contributed by atoms with Crippen LogP contribution in [-0.2, 0) is 23.6 Å². The smallest absolute Gasteiger partial charge is 0.408 e. The average Bonchev–Trinajstić information content (AvgIpc) is 3.37. The van der Waals surface area contributed by atoms with E-state index in [-0.39, 0.29) is 12.1 Å².